The maximum absolute atomic E-state index is 13.7. The smallest absolute Gasteiger partial charge is 0.125 e. The van der Waals surface area contributed by atoms with Gasteiger partial charge in [-0.2, -0.15) is 5.26 Å². The lowest BCUT2D eigenvalue weighted by Gasteiger charge is -2.39. The van der Waals surface area contributed by atoms with Crippen LogP contribution in [0.5, 0.6) is 0 Å². The number of nitrogens with zero attached hydrogens (tertiary/aromatic N) is 2. The maximum atomic E-state index is 13.7. The number of aliphatic hydroxyl groups excluding tert-OH is 1. The molecule has 1 aromatic carbocycles. The van der Waals surface area contributed by atoms with E-state index >= 15 is 0 Å². The zero-order valence-corrected chi connectivity index (χ0v) is 14.3. The van der Waals surface area contributed by atoms with E-state index < -0.39 is 12.0 Å². The van der Waals surface area contributed by atoms with Gasteiger partial charge >= 0.3 is 0 Å². The molecule has 0 aromatic heterocycles. The highest BCUT2D eigenvalue weighted by Gasteiger charge is 2.39. The molecular weight excluding hydrogens is 317 g/mol. The first-order chi connectivity index (χ1) is 10.9. The summed E-state index contributed by atoms with van der Waals surface area (Å²) in [4.78, 5) is 0. The Kier molecular flexibility index (Phi) is 5.99. The fourth-order valence-electron chi connectivity index (χ4n) is 3.06. The molecule has 2 unspecified atom stereocenters. The Balaban J connectivity index is 2.23. The summed E-state index contributed by atoms with van der Waals surface area (Å²) in [5.41, 5.74) is 3.84. The van der Waals surface area contributed by atoms with E-state index in [-0.39, 0.29) is 11.5 Å². The summed E-state index contributed by atoms with van der Waals surface area (Å²) in [5, 5.41) is 21.6. The summed E-state index contributed by atoms with van der Waals surface area (Å²) in [7, 11) is 0. The average Bonchev–Trinajstić information content (AvgIpc) is 3.00. The number of alkyl halides is 1. The van der Waals surface area contributed by atoms with Crippen LogP contribution in [0.3, 0.4) is 0 Å². The molecule has 1 aliphatic rings. The fraction of sp³-hybridized carbons (Fsp3) is 0.588. The molecule has 1 saturated heterocycles. The normalized spacial score (nSPS) is 20.4. The Bertz CT molecular complexity index is 588. The largest absolute Gasteiger partial charge is 0.377 e. The van der Waals surface area contributed by atoms with Crippen LogP contribution in [0.15, 0.2) is 18.2 Å². The van der Waals surface area contributed by atoms with Gasteiger partial charge in [0.1, 0.15) is 12.0 Å². The Morgan fingerprint density at radius 3 is 2.91 bits per heavy atom. The Labute approximate surface area is 141 Å². The van der Waals surface area contributed by atoms with Crippen molar-refractivity contribution in [2.24, 2.45) is 5.41 Å². The van der Waals surface area contributed by atoms with E-state index in [1.165, 1.54) is 12.1 Å². The van der Waals surface area contributed by atoms with Crippen LogP contribution in [0.4, 0.5) is 4.39 Å². The molecule has 0 aliphatic carbocycles. The molecule has 0 bridgehead atoms. The zero-order valence-electron chi connectivity index (χ0n) is 13.5. The number of halogens is 2. The van der Waals surface area contributed by atoms with Crippen molar-refractivity contribution in [2.75, 3.05) is 12.4 Å². The molecule has 2 rings (SSSR count). The quantitative estimate of drug-likeness (QED) is 0.781. The van der Waals surface area contributed by atoms with E-state index in [9.17, 15) is 9.50 Å². The number of benzene rings is 1. The van der Waals surface area contributed by atoms with E-state index in [1.807, 2.05) is 19.9 Å². The Morgan fingerprint density at radius 1 is 1.52 bits per heavy atom. The summed E-state index contributed by atoms with van der Waals surface area (Å²) in [5.74, 6) is 0.129. The lowest BCUT2D eigenvalue weighted by atomic mass is 9.85. The molecule has 6 heteroatoms. The third kappa shape index (κ3) is 4.21. The van der Waals surface area contributed by atoms with Gasteiger partial charge in [-0.25, -0.2) is 9.40 Å². The molecular formula is C17H23ClFN3O. The van der Waals surface area contributed by atoms with Crippen LogP contribution in [0.25, 0.3) is 0 Å². The number of nitriles is 1. The molecule has 4 nitrogen and oxygen atoms in total. The van der Waals surface area contributed by atoms with Crippen molar-refractivity contribution in [1.82, 2.24) is 10.4 Å². The number of hydrogen-bond donors (Lipinski definition) is 2. The van der Waals surface area contributed by atoms with Crippen LogP contribution < -0.4 is 5.43 Å². The Hall–Kier alpha value is -1.19. The second-order valence-corrected chi connectivity index (χ2v) is 7.04. The SMILES string of the molecule is CC(C)(CCCCl)C(O)N1NCCC1c1cc(F)cc(C#N)c1. The van der Waals surface area contributed by atoms with E-state index in [4.69, 9.17) is 16.9 Å². The average molecular weight is 340 g/mol. The van der Waals surface area contributed by atoms with Crippen molar-refractivity contribution in [3.8, 4) is 6.07 Å². The molecule has 0 radical (unpaired) electrons. The third-order valence-electron chi connectivity index (χ3n) is 4.40. The van der Waals surface area contributed by atoms with Crippen LogP contribution in [-0.2, 0) is 0 Å². The second kappa shape index (κ2) is 7.59. The van der Waals surface area contributed by atoms with Gasteiger partial charge in [0, 0.05) is 17.8 Å². The van der Waals surface area contributed by atoms with Crippen LogP contribution in [0, 0.1) is 22.6 Å². The van der Waals surface area contributed by atoms with Crippen molar-refractivity contribution in [3.05, 3.63) is 35.1 Å². The molecule has 2 N–H and O–H groups in total. The standard InChI is InChI=1S/C17H23ClFN3O/c1-17(2,5-3-6-18)16(23)22-15(4-7-21-22)13-8-12(11-20)9-14(19)10-13/h8-10,15-16,21,23H,3-7H2,1-2H3. The van der Waals surface area contributed by atoms with Crippen LogP contribution in [0.2, 0.25) is 0 Å². The molecule has 2 atom stereocenters. The lowest BCUT2D eigenvalue weighted by molar-refractivity contribution is -0.111. The molecule has 0 spiro atoms. The molecule has 1 heterocycles. The highest BCUT2D eigenvalue weighted by molar-refractivity contribution is 6.17. The van der Waals surface area contributed by atoms with Gasteiger partial charge in [0.05, 0.1) is 17.7 Å². The van der Waals surface area contributed by atoms with Crippen LogP contribution >= 0.6 is 11.6 Å². The molecule has 23 heavy (non-hydrogen) atoms. The minimum absolute atomic E-state index is 0.164. The number of rotatable bonds is 6. The van der Waals surface area contributed by atoms with Crippen molar-refractivity contribution in [1.29, 1.82) is 5.26 Å². The Morgan fingerprint density at radius 2 is 2.26 bits per heavy atom. The summed E-state index contributed by atoms with van der Waals surface area (Å²) >= 11 is 5.76. The van der Waals surface area contributed by atoms with Crippen LogP contribution in [0.1, 0.15) is 50.3 Å². The van der Waals surface area contributed by atoms with E-state index in [2.05, 4.69) is 5.43 Å². The first kappa shape index (κ1) is 18.2. The first-order valence-electron chi connectivity index (χ1n) is 7.85. The minimum Gasteiger partial charge on any atom is -0.377 e. The molecule has 0 saturated carbocycles. The fourth-order valence-corrected chi connectivity index (χ4v) is 3.19. The molecule has 1 aliphatic heterocycles. The predicted octanol–water partition coefficient (Wildman–Crippen LogP) is 3.31. The van der Waals surface area contributed by atoms with Gasteiger partial charge in [0.25, 0.3) is 0 Å². The van der Waals surface area contributed by atoms with Crippen molar-refractivity contribution in [2.45, 2.75) is 45.4 Å². The minimum atomic E-state index is -0.730. The topological polar surface area (TPSA) is 59.3 Å². The molecule has 0 amide bonds. The second-order valence-electron chi connectivity index (χ2n) is 6.66. The summed E-state index contributed by atoms with van der Waals surface area (Å²) < 4.78 is 13.7. The van der Waals surface area contributed by atoms with Gasteiger partial charge in [-0.15, -0.1) is 11.6 Å². The number of hydrazine groups is 1. The summed E-state index contributed by atoms with van der Waals surface area (Å²) in [6.07, 6.45) is 1.63. The van der Waals surface area contributed by atoms with Gasteiger partial charge in [-0.05, 0) is 43.0 Å². The predicted molar refractivity (Wildman–Crippen MR) is 88.1 cm³/mol. The van der Waals surface area contributed by atoms with E-state index in [0.29, 0.717) is 23.6 Å². The monoisotopic (exact) mass is 339 g/mol. The third-order valence-corrected chi connectivity index (χ3v) is 4.67. The van der Waals surface area contributed by atoms with Crippen molar-refractivity contribution < 1.29 is 9.50 Å². The lowest BCUT2D eigenvalue weighted by Crippen LogP contribution is -2.49. The molecule has 1 fully saturated rings. The van der Waals surface area contributed by atoms with Crippen molar-refractivity contribution >= 4 is 11.6 Å². The van der Waals surface area contributed by atoms with E-state index in [0.717, 1.165) is 19.3 Å². The summed E-state index contributed by atoms with van der Waals surface area (Å²) in [6.45, 7) is 4.69. The van der Waals surface area contributed by atoms with Crippen molar-refractivity contribution in [3.63, 3.8) is 0 Å². The number of nitrogens with one attached hydrogen (secondary N) is 1. The number of aliphatic hydroxyl groups is 1. The van der Waals surface area contributed by atoms with Gasteiger partial charge < -0.3 is 5.11 Å². The molecule has 126 valence electrons. The van der Waals surface area contributed by atoms with E-state index in [1.54, 1.807) is 11.1 Å². The highest BCUT2D eigenvalue weighted by Crippen LogP contribution is 2.36. The van der Waals surface area contributed by atoms with Gasteiger partial charge in [-0.1, -0.05) is 13.8 Å². The maximum Gasteiger partial charge on any atom is 0.125 e. The summed E-state index contributed by atoms with van der Waals surface area (Å²) in [6, 6.07) is 6.15. The first-order valence-corrected chi connectivity index (χ1v) is 8.39. The van der Waals surface area contributed by atoms with Gasteiger partial charge in [0.2, 0.25) is 0 Å². The molecule has 1 aromatic rings. The van der Waals surface area contributed by atoms with Gasteiger partial charge in [-0.3, -0.25) is 5.43 Å². The van der Waals surface area contributed by atoms with Gasteiger partial charge in [0.15, 0.2) is 0 Å². The highest BCUT2D eigenvalue weighted by atomic mass is 35.5. The number of hydrogen-bond acceptors (Lipinski definition) is 4. The zero-order chi connectivity index (χ0) is 17.0. The van der Waals surface area contributed by atoms with Crippen LogP contribution in [-0.4, -0.2) is 28.8 Å².